The SMILES string of the molecule is CC(N)(CC(=O)O)C(F)F. The second-order valence-corrected chi connectivity index (χ2v) is 2.38. The average Bonchev–Trinajstić information content (AvgIpc) is 1.60. The number of carboxylic acids is 1. The lowest BCUT2D eigenvalue weighted by molar-refractivity contribution is -0.139. The normalized spacial score (nSPS) is 16.9. The fourth-order valence-corrected chi connectivity index (χ4v) is 0.403. The van der Waals surface area contributed by atoms with Gasteiger partial charge in [0.15, 0.2) is 0 Å². The van der Waals surface area contributed by atoms with E-state index in [2.05, 4.69) is 0 Å². The Balaban J connectivity index is 3.99. The smallest absolute Gasteiger partial charge is 0.305 e. The van der Waals surface area contributed by atoms with Gasteiger partial charge in [0.25, 0.3) is 6.43 Å². The standard InChI is InChI=1S/C5H9F2NO2/c1-5(8,4(6)7)2-3(9)10/h4H,2,8H2,1H3,(H,9,10). The van der Waals surface area contributed by atoms with E-state index in [1.165, 1.54) is 0 Å². The van der Waals surface area contributed by atoms with E-state index in [0.29, 0.717) is 0 Å². The number of aliphatic carboxylic acids is 1. The largest absolute Gasteiger partial charge is 0.481 e. The van der Waals surface area contributed by atoms with E-state index in [-0.39, 0.29) is 0 Å². The second kappa shape index (κ2) is 2.92. The fraction of sp³-hybridized carbons (Fsp3) is 0.800. The van der Waals surface area contributed by atoms with Crippen LogP contribution in [0.4, 0.5) is 8.78 Å². The lowest BCUT2D eigenvalue weighted by Gasteiger charge is -2.20. The van der Waals surface area contributed by atoms with Gasteiger partial charge in [0.1, 0.15) is 0 Å². The van der Waals surface area contributed by atoms with Crippen molar-refractivity contribution in [3.63, 3.8) is 0 Å². The summed E-state index contributed by atoms with van der Waals surface area (Å²) >= 11 is 0. The first kappa shape index (κ1) is 9.29. The van der Waals surface area contributed by atoms with Crippen LogP contribution in [-0.4, -0.2) is 23.0 Å². The first-order valence-electron chi connectivity index (χ1n) is 2.65. The summed E-state index contributed by atoms with van der Waals surface area (Å²) in [5.74, 6) is -1.31. The molecule has 0 aliphatic carbocycles. The number of carbonyl (C=O) groups is 1. The van der Waals surface area contributed by atoms with E-state index in [1.54, 1.807) is 0 Å². The van der Waals surface area contributed by atoms with Gasteiger partial charge in [-0.05, 0) is 6.92 Å². The topological polar surface area (TPSA) is 63.3 Å². The van der Waals surface area contributed by atoms with Crippen LogP contribution in [0.3, 0.4) is 0 Å². The third-order valence-corrected chi connectivity index (χ3v) is 1.03. The van der Waals surface area contributed by atoms with Crippen LogP contribution in [0, 0.1) is 0 Å². The minimum atomic E-state index is -2.80. The minimum Gasteiger partial charge on any atom is -0.481 e. The number of hydrogen-bond donors (Lipinski definition) is 2. The lowest BCUT2D eigenvalue weighted by Crippen LogP contribution is -2.45. The average molecular weight is 153 g/mol. The van der Waals surface area contributed by atoms with E-state index < -0.39 is 24.4 Å². The maximum atomic E-state index is 11.8. The van der Waals surface area contributed by atoms with Crippen LogP contribution in [0.15, 0.2) is 0 Å². The van der Waals surface area contributed by atoms with Crippen LogP contribution in [0.1, 0.15) is 13.3 Å². The van der Waals surface area contributed by atoms with Gasteiger partial charge in [0.2, 0.25) is 0 Å². The lowest BCUT2D eigenvalue weighted by atomic mass is 10.0. The first-order valence-corrected chi connectivity index (χ1v) is 2.65. The van der Waals surface area contributed by atoms with E-state index >= 15 is 0 Å². The van der Waals surface area contributed by atoms with Gasteiger partial charge in [-0.1, -0.05) is 0 Å². The maximum absolute atomic E-state index is 11.8. The summed E-state index contributed by atoms with van der Waals surface area (Å²) in [6.07, 6.45) is -3.52. The summed E-state index contributed by atoms with van der Waals surface area (Å²) in [6.45, 7) is 1.01. The number of rotatable bonds is 3. The van der Waals surface area contributed by atoms with Crippen LogP contribution < -0.4 is 5.73 Å². The molecule has 0 aromatic rings. The van der Waals surface area contributed by atoms with Crippen LogP contribution in [0.5, 0.6) is 0 Å². The summed E-state index contributed by atoms with van der Waals surface area (Å²) < 4.78 is 23.6. The summed E-state index contributed by atoms with van der Waals surface area (Å²) in [6, 6.07) is 0. The minimum absolute atomic E-state index is 0.718. The van der Waals surface area contributed by atoms with Gasteiger partial charge in [-0.2, -0.15) is 0 Å². The van der Waals surface area contributed by atoms with Crippen LogP contribution in [0.25, 0.3) is 0 Å². The zero-order chi connectivity index (χ0) is 8.36. The molecule has 0 saturated carbocycles. The molecule has 10 heavy (non-hydrogen) atoms. The molecule has 5 heteroatoms. The fourth-order valence-electron chi connectivity index (χ4n) is 0.403. The highest BCUT2D eigenvalue weighted by molar-refractivity contribution is 5.68. The van der Waals surface area contributed by atoms with Gasteiger partial charge >= 0.3 is 5.97 Å². The number of carboxylic acid groups (broad SMARTS) is 1. The molecular weight excluding hydrogens is 144 g/mol. The Labute approximate surface area is 56.8 Å². The van der Waals surface area contributed by atoms with Crippen LogP contribution >= 0.6 is 0 Å². The molecule has 0 aromatic heterocycles. The Morgan fingerprint density at radius 1 is 1.80 bits per heavy atom. The molecule has 0 fully saturated rings. The molecule has 0 bridgehead atoms. The number of nitrogens with two attached hydrogens (primary N) is 1. The Morgan fingerprint density at radius 2 is 2.20 bits per heavy atom. The molecule has 1 unspecified atom stereocenters. The maximum Gasteiger partial charge on any atom is 0.305 e. The predicted molar refractivity (Wildman–Crippen MR) is 30.8 cm³/mol. The Morgan fingerprint density at radius 3 is 2.30 bits per heavy atom. The number of alkyl halides is 2. The molecule has 0 aliphatic heterocycles. The number of halogens is 2. The van der Waals surface area contributed by atoms with Crippen LogP contribution in [0.2, 0.25) is 0 Å². The Kier molecular flexibility index (Phi) is 2.71. The highest BCUT2D eigenvalue weighted by atomic mass is 19.3. The molecule has 0 amide bonds. The predicted octanol–water partition coefficient (Wildman–Crippen LogP) is 0.444. The molecule has 0 aliphatic rings. The van der Waals surface area contributed by atoms with Crippen molar-refractivity contribution in [1.82, 2.24) is 0 Å². The molecule has 0 rings (SSSR count). The summed E-state index contributed by atoms with van der Waals surface area (Å²) in [7, 11) is 0. The quantitative estimate of drug-likeness (QED) is 0.618. The zero-order valence-corrected chi connectivity index (χ0v) is 5.47. The van der Waals surface area contributed by atoms with Crippen LogP contribution in [-0.2, 0) is 4.79 Å². The van der Waals surface area contributed by atoms with Crippen molar-refractivity contribution >= 4 is 5.97 Å². The molecule has 1 atom stereocenters. The van der Waals surface area contributed by atoms with Gasteiger partial charge in [-0.25, -0.2) is 8.78 Å². The third kappa shape index (κ3) is 2.72. The molecule has 0 heterocycles. The molecule has 0 aromatic carbocycles. The molecule has 0 spiro atoms. The summed E-state index contributed by atoms with van der Waals surface area (Å²) in [4.78, 5) is 9.91. The van der Waals surface area contributed by atoms with E-state index in [9.17, 15) is 13.6 Å². The van der Waals surface area contributed by atoms with Crippen molar-refractivity contribution in [3.8, 4) is 0 Å². The molecule has 0 saturated heterocycles. The van der Waals surface area contributed by atoms with Gasteiger partial charge in [0, 0.05) is 0 Å². The Hall–Kier alpha value is -0.710. The third-order valence-electron chi connectivity index (χ3n) is 1.03. The van der Waals surface area contributed by atoms with Crippen molar-refractivity contribution in [2.75, 3.05) is 0 Å². The monoisotopic (exact) mass is 153 g/mol. The van der Waals surface area contributed by atoms with E-state index in [1.807, 2.05) is 0 Å². The van der Waals surface area contributed by atoms with Crippen molar-refractivity contribution < 1.29 is 18.7 Å². The number of hydrogen-bond acceptors (Lipinski definition) is 2. The molecular formula is C5H9F2NO2. The molecule has 0 radical (unpaired) electrons. The summed E-state index contributed by atoms with van der Waals surface area (Å²) in [5.41, 5.74) is 3.02. The second-order valence-electron chi connectivity index (χ2n) is 2.38. The van der Waals surface area contributed by atoms with E-state index in [4.69, 9.17) is 10.8 Å². The van der Waals surface area contributed by atoms with Crippen molar-refractivity contribution in [3.05, 3.63) is 0 Å². The van der Waals surface area contributed by atoms with E-state index in [0.717, 1.165) is 6.92 Å². The highest BCUT2D eigenvalue weighted by Crippen LogP contribution is 2.15. The van der Waals surface area contributed by atoms with Crippen molar-refractivity contribution in [2.24, 2.45) is 5.73 Å². The zero-order valence-electron chi connectivity index (χ0n) is 5.47. The Bertz CT molecular complexity index is 136. The van der Waals surface area contributed by atoms with Gasteiger partial charge < -0.3 is 10.8 Å². The highest BCUT2D eigenvalue weighted by Gasteiger charge is 2.32. The van der Waals surface area contributed by atoms with Crippen molar-refractivity contribution in [1.29, 1.82) is 0 Å². The summed E-state index contributed by atoms with van der Waals surface area (Å²) in [5, 5.41) is 8.08. The molecule has 60 valence electrons. The molecule has 3 N–H and O–H groups in total. The van der Waals surface area contributed by atoms with Crippen molar-refractivity contribution in [2.45, 2.75) is 25.3 Å². The molecule has 3 nitrogen and oxygen atoms in total. The first-order chi connectivity index (χ1) is 4.36. The van der Waals surface area contributed by atoms with Gasteiger partial charge in [0.05, 0.1) is 12.0 Å². The van der Waals surface area contributed by atoms with Gasteiger partial charge in [-0.3, -0.25) is 4.79 Å². The van der Waals surface area contributed by atoms with Gasteiger partial charge in [-0.15, -0.1) is 0 Å².